The highest BCUT2D eigenvalue weighted by Crippen LogP contribution is 2.56. The maximum atomic E-state index is 13.9. The van der Waals surface area contributed by atoms with Crippen molar-refractivity contribution in [2.75, 3.05) is 4.90 Å². The van der Waals surface area contributed by atoms with E-state index in [1.165, 1.54) is 0 Å². The fourth-order valence-corrected chi connectivity index (χ4v) is 4.81. The van der Waals surface area contributed by atoms with Crippen LogP contribution in [-0.4, -0.2) is 17.0 Å². The Balaban J connectivity index is 1.72. The van der Waals surface area contributed by atoms with Gasteiger partial charge >= 0.3 is 5.97 Å². The molecule has 1 fully saturated rings. The number of hydrogen-bond donors (Lipinski definition) is 1. The molecule has 3 nitrogen and oxygen atoms in total. The first-order chi connectivity index (χ1) is 15.3. The van der Waals surface area contributed by atoms with E-state index in [0.29, 0.717) is 29.4 Å². The van der Waals surface area contributed by atoms with Crippen LogP contribution in [0.3, 0.4) is 0 Å². The maximum Gasteiger partial charge on any atom is 0.304 e. The standard InChI is InChI=1S/C26H24ClF2NO2/c27-22-12-11-21(25(14-24(31)32)17-26(28,29)18-25)13-23(22)30(15-19-7-3-1-4-8-19)16-20-9-5-2-6-10-20/h1-13H,14-18H2,(H,31,32). The average Bonchev–Trinajstić information content (AvgIpc) is 2.73. The van der Waals surface area contributed by atoms with Gasteiger partial charge in [0, 0.05) is 31.3 Å². The summed E-state index contributed by atoms with van der Waals surface area (Å²) in [5.41, 5.74) is 2.38. The van der Waals surface area contributed by atoms with Crippen molar-refractivity contribution in [1.82, 2.24) is 0 Å². The zero-order valence-electron chi connectivity index (χ0n) is 17.5. The van der Waals surface area contributed by atoms with Gasteiger partial charge in [0.05, 0.1) is 17.1 Å². The second kappa shape index (κ2) is 8.91. The van der Waals surface area contributed by atoms with E-state index >= 15 is 0 Å². The number of halogens is 3. The first-order valence-electron chi connectivity index (χ1n) is 10.5. The Morgan fingerprint density at radius 3 is 1.91 bits per heavy atom. The highest BCUT2D eigenvalue weighted by Gasteiger charge is 2.58. The van der Waals surface area contributed by atoms with Gasteiger partial charge in [0.2, 0.25) is 5.92 Å². The first-order valence-corrected chi connectivity index (χ1v) is 10.9. The zero-order chi connectivity index (χ0) is 22.8. The predicted octanol–water partition coefficient (Wildman–Crippen LogP) is 6.69. The number of anilines is 1. The minimum Gasteiger partial charge on any atom is -0.481 e. The largest absolute Gasteiger partial charge is 0.481 e. The number of benzene rings is 3. The van der Waals surface area contributed by atoms with Crippen LogP contribution < -0.4 is 4.90 Å². The van der Waals surface area contributed by atoms with Crippen LogP contribution in [0.15, 0.2) is 78.9 Å². The summed E-state index contributed by atoms with van der Waals surface area (Å²) in [6.07, 6.45) is -1.27. The lowest BCUT2D eigenvalue weighted by Gasteiger charge is -2.47. The summed E-state index contributed by atoms with van der Waals surface area (Å²) >= 11 is 6.59. The number of rotatable bonds is 8. The van der Waals surface area contributed by atoms with E-state index in [1.54, 1.807) is 18.2 Å². The molecule has 0 aliphatic heterocycles. The quantitative estimate of drug-likeness (QED) is 0.411. The molecular formula is C26H24ClF2NO2. The van der Waals surface area contributed by atoms with Crippen molar-refractivity contribution < 1.29 is 18.7 Å². The molecule has 0 bridgehead atoms. The van der Waals surface area contributed by atoms with Gasteiger partial charge in [0.15, 0.2) is 0 Å². The van der Waals surface area contributed by atoms with Crippen LogP contribution in [-0.2, 0) is 23.3 Å². The molecule has 0 heterocycles. The molecule has 0 aromatic heterocycles. The zero-order valence-corrected chi connectivity index (χ0v) is 18.2. The summed E-state index contributed by atoms with van der Waals surface area (Å²) in [4.78, 5) is 13.6. The molecule has 3 aromatic carbocycles. The third-order valence-electron chi connectivity index (χ3n) is 6.02. The Labute approximate surface area is 191 Å². The molecule has 32 heavy (non-hydrogen) atoms. The van der Waals surface area contributed by atoms with Crippen molar-refractivity contribution in [3.63, 3.8) is 0 Å². The molecule has 6 heteroatoms. The minimum absolute atomic E-state index is 0.332. The first kappa shape index (κ1) is 22.3. The molecule has 4 rings (SSSR count). The predicted molar refractivity (Wildman–Crippen MR) is 122 cm³/mol. The monoisotopic (exact) mass is 455 g/mol. The Hall–Kier alpha value is -2.92. The van der Waals surface area contributed by atoms with E-state index in [2.05, 4.69) is 4.90 Å². The number of aliphatic carboxylic acids is 1. The van der Waals surface area contributed by atoms with E-state index in [1.807, 2.05) is 60.7 Å². The van der Waals surface area contributed by atoms with E-state index in [-0.39, 0.29) is 6.42 Å². The van der Waals surface area contributed by atoms with Crippen LogP contribution in [0.1, 0.15) is 36.0 Å². The highest BCUT2D eigenvalue weighted by molar-refractivity contribution is 6.33. The van der Waals surface area contributed by atoms with E-state index < -0.39 is 30.1 Å². The Kier molecular flexibility index (Phi) is 6.20. The fourth-order valence-electron chi connectivity index (χ4n) is 4.58. The minimum atomic E-state index is -2.84. The molecule has 1 N–H and O–H groups in total. The van der Waals surface area contributed by atoms with Gasteiger partial charge in [-0.15, -0.1) is 0 Å². The van der Waals surface area contributed by atoms with Crippen LogP contribution in [0.2, 0.25) is 5.02 Å². The lowest BCUT2D eigenvalue weighted by molar-refractivity contribution is -0.153. The van der Waals surface area contributed by atoms with Crippen molar-refractivity contribution in [1.29, 1.82) is 0 Å². The number of carboxylic acids is 1. The van der Waals surface area contributed by atoms with Gasteiger partial charge < -0.3 is 10.0 Å². The van der Waals surface area contributed by atoms with Gasteiger partial charge in [-0.05, 0) is 28.8 Å². The van der Waals surface area contributed by atoms with E-state index in [9.17, 15) is 18.7 Å². The second-order valence-electron chi connectivity index (χ2n) is 8.55. The number of hydrogen-bond acceptors (Lipinski definition) is 2. The van der Waals surface area contributed by atoms with Gasteiger partial charge in [0.1, 0.15) is 0 Å². The topological polar surface area (TPSA) is 40.5 Å². The van der Waals surface area contributed by atoms with Gasteiger partial charge in [-0.3, -0.25) is 4.79 Å². The van der Waals surface area contributed by atoms with Gasteiger partial charge in [-0.2, -0.15) is 0 Å². The van der Waals surface area contributed by atoms with Crippen molar-refractivity contribution in [2.45, 2.75) is 43.7 Å². The van der Waals surface area contributed by atoms with Crippen LogP contribution in [0, 0.1) is 0 Å². The average molecular weight is 456 g/mol. The number of alkyl halides is 2. The van der Waals surface area contributed by atoms with E-state index in [4.69, 9.17) is 11.6 Å². The molecule has 0 unspecified atom stereocenters. The van der Waals surface area contributed by atoms with Crippen molar-refractivity contribution >= 4 is 23.3 Å². The third-order valence-corrected chi connectivity index (χ3v) is 6.33. The van der Waals surface area contributed by atoms with Crippen molar-refractivity contribution in [3.05, 3.63) is 101 Å². The molecule has 0 saturated heterocycles. The highest BCUT2D eigenvalue weighted by atomic mass is 35.5. The number of carbonyl (C=O) groups is 1. The number of nitrogens with zero attached hydrogens (tertiary/aromatic N) is 1. The molecular weight excluding hydrogens is 432 g/mol. The Morgan fingerprint density at radius 2 is 1.44 bits per heavy atom. The number of carboxylic acid groups (broad SMARTS) is 1. The summed E-state index contributed by atoms with van der Waals surface area (Å²) in [5, 5.41) is 9.88. The lowest BCUT2D eigenvalue weighted by Crippen LogP contribution is -2.50. The Bertz CT molecular complexity index is 1040. The summed E-state index contributed by atoms with van der Waals surface area (Å²) < 4.78 is 27.7. The summed E-state index contributed by atoms with van der Waals surface area (Å²) in [6.45, 7) is 1.14. The lowest BCUT2D eigenvalue weighted by atomic mass is 9.60. The Morgan fingerprint density at radius 1 is 0.906 bits per heavy atom. The SMILES string of the molecule is O=C(O)CC1(c2ccc(Cl)c(N(Cc3ccccc3)Cc3ccccc3)c2)CC(F)(F)C1. The molecule has 1 aliphatic rings. The van der Waals surface area contributed by atoms with Gasteiger partial charge in [-0.1, -0.05) is 78.3 Å². The third kappa shape index (κ3) is 4.94. The molecule has 0 atom stereocenters. The van der Waals surface area contributed by atoms with Crippen LogP contribution in [0.5, 0.6) is 0 Å². The normalized spacial score (nSPS) is 16.2. The molecule has 0 amide bonds. The van der Waals surface area contributed by atoms with Crippen LogP contribution in [0.4, 0.5) is 14.5 Å². The smallest absolute Gasteiger partial charge is 0.304 e. The maximum absolute atomic E-state index is 13.9. The molecule has 166 valence electrons. The van der Waals surface area contributed by atoms with Crippen LogP contribution >= 0.6 is 11.6 Å². The molecule has 3 aromatic rings. The fraction of sp³-hybridized carbons (Fsp3) is 0.269. The summed E-state index contributed by atoms with van der Waals surface area (Å²) in [5.74, 6) is -3.93. The molecule has 0 radical (unpaired) electrons. The van der Waals surface area contributed by atoms with E-state index in [0.717, 1.165) is 11.1 Å². The molecule has 1 aliphatic carbocycles. The van der Waals surface area contributed by atoms with Crippen LogP contribution in [0.25, 0.3) is 0 Å². The van der Waals surface area contributed by atoms with Gasteiger partial charge in [-0.25, -0.2) is 8.78 Å². The van der Waals surface area contributed by atoms with Crippen molar-refractivity contribution in [3.8, 4) is 0 Å². The molecule has 0 spiro atoms. The van der Waals surface area contributed by atoms with Gasteiger partial charge in [0.25, 0.3) is 0 Å². The molecule has 1 saturated carbocycles. The second-order valence-corrected chi connectivity index (χ2v) is 8.96. The summed E-state index contributed by atoms with van der Waals surface area (Å²) in [6, 6.07) is 25.0. The van der Waals surface area contributed by atoms with Crippen molar-refractivity contribution in [2.24, 2.45) is 0 Å². The summed E-state index contributed by atoms with van der Waals surface area (Å²) in [7, 11) is 0.